The smallest absolute Gasteiger partial charge is 0.253 e. The maximum atomic E-state index is 6.06. The van der Waals surface area contributed by atoms with E-state index in [0.29, 0.717) is 25.0 Å². The molecule has 1 aliphatic rings. The van der Waals surface area contributed by atoms with Crippen LogP contribution in [0.3, 0.4) is 0 Å². The summed E-state index contributed by atoms with van der Waals surface area (Å²) in [5, 5.41) is 8.60. The standard InChI is InChI=1S/C22H24N2O4/c1-16-4-3-5-19(14-16)27-15-20-23-24-21(28-20)22(10-12-26-13-11-22)17-6-8-18(25-2)9-7-17/h3-9,14H,10-13,15H2,1-2H3. The van der Waals surface area contributed by atoms with E-state index in [1.165, 1.54) is 0 Å². The van der Waals surface area contributed by atoms with E-state index in [4.69, 9.17) is 18.6 Å². The highest BCUT2D eigenvalue weighted by Gasteiger charge is 2.41. The number of aryl methyl sites for hydroxylation is 1. The van der Waals surface area contributed by atoms with E-state index in [9.17, 15) is 0 Å². The second-order valence-electron chi connectivity index (χ2n) is 7.03. The number of benzene rings is 2. The predicted octanol–water partition coefficient (Wildman–Crippen LogP) is 4.06. The predicted molar refractivity (Wildman–Crippen MR) is 104 cm³/mol. The molecule has 0 amide bonds. The van der Waals surface area contributed by atoms with Crippen LogP contribution in [0.5, 0.6) is 11.5 Å². The van der Waals surface area contributed by atoms with Gasteiger partial charge in [0, 0.05) is 13.2 Å². The van der Waals surface area contributed by atoms with Crippen LogP contribution >= 0.6 is 0 Å². The van der Waals surface area contributed by atoms with Crippen LogP contribution in [0.1, 0.15) is 35.7 Å². The zero-order valence-electron chi connectivity index (χ0n) is 16.2. The topological polar surface area (TPSA) is 66.6 Å². The number of methoxy groups -OCH3 is 1. The summed E-state index contributed by atoms with van der Waals surface area (Å²) in [6.07, 6.45) is 1.58. The Labute approximate surface area is 164 Å². The lowest BCUT2D eigenvalue weighted by Crippen LogP contribution is -2.35. The lowest BCUT2D eigenvalue weighted by Gasteiger charge is -2.34. The Kier molecular flexibility index (Phi) is 5.30. The molecule has 0 spiro atoms. The van der Waals surface area contributed by atoms with Crippen molar-refractivity contribution < 1.29 is 18.6 Å². The number of rotatable bonds is 6. The largest absolute Gasteiger partial charge is 0.497 e. The van der Waals surface area contributed by atoms with Crippen LogP contribution in [0.25, 0.3) is 0 Å². The number of hydrogen-bond acceptors (Lipinski definition) is 6. The van der Waals surface area contributed by atoms with Gasteiger partial charge < -0.3 is 18.6 Å². The highest BCUT2D eigenvalue weighted by atomic mass is 16.5. The van der Waals surface area contributed by atoms with Crippen molar-refractivity contribution in [3.05, 3.63) is 71.4 Å². The van der Waals surface area contributed by atoms with E-state index in [-0.39, 0.29) is 12.0 Å². The van der Waals surface area contributed by atoms with Crippen molar-refractivity contribution >= 4 is 0 Å². The molecule has 6 heteroatoms. The van der Waals surface area contributed by atoms with Gasteiger partial charge in [-0.2, -0.15) is 0 Å². The lowest BCUT2D eigenvalue weighted by molar-refractivity contribution is 0.0536. The van der Waals surface area contributed by atoms with Gasteiger partial charge in [0.15, 0.2) is 6.61 Å². The van der Waals surface area contributed by atoms with E-state index in [1.807, 2.05) is 43.3 Å². The van der Waals surface area contributed by atoms with E-state index in [0.717, 1.165) is 35.5 Å². The molecule has 1 saturated heterocycles. The third kappa shape index (κ3) is 3.73. The van der Waals surface area contributed by atoms with Crippen molar-refractivity contribution in [3.63, 3.8) is 0 Å². The molecule has 0 aliphatic carbocycles. The monoisotopic (exact) mass is 380 g/mol. The molecule has 1 aliphatic heterocycles. The van der Waals surface area contributed by atoms with Crippen LogP contribution in [0.2, 0.25) is 0 Å². The zero-order valence-corrected chi connectivity index (χ0v) is 16.2. The first-order valence-electron chi connectivity index (χ1n) is 9.44. The zero-order chi connectivity index (χ0) is 19.4. The van der Waals surface area contributed by atoms with Gasteiger partial charge in [0.25, 0.3) is 5.89 Å². The Balaban J connectivity index is 1.57. The molecular formula is C22H24N2O4. The fourth-order valence-electron chi connectivity index (χ4n) is 3.61. The summed E-state index contributed by atoms with van der Waals surface area (Å²) in [6, 6.07) is 16.0. The van der Waals surface area contributed by atoms with Gasteiger partial charge in [0.05, 0.1) is 12.5 Å². The quantitative estimate of drug-likeness (QED) is 0.642. The van der Waals surface area contributed by atoms with Gasteiger partial charge in [0.2, 0.25) is 5.89 Å². The Morgan fingerprint density at radius 2 is 1.79 bits per heavy atom. The SMILES string of the molecule is COc1ccc(C2(c3nnc(COc4cccc(C)c4)o3)CCOCC2)cc1. The van der Waals surface area contributed by atoms with Crippen molar-refractivity contribution in [1.82, 2.24) is 10.2 Å². The average Bonchev–Trinajstić information content (AvgIpc) is 3.23. The fraction of sp³-hybridized carbons (Fsp3) is 0.364. The molecule has 2 aromatic carbocycles. The molecule has 6 nitrogen and oxygen atoms in total. The Bertz CT molecular complexity index is 914. The number of hydrogen-bond donors (Lipinski definition) is 0. The number of nitrogens with zero attached hydrogens (tertiary/aromatic N) is 2. The first kappa shape index (κ1) is 18.5. The molecule has 2 heterocycles. The van der Waals surface area contributed by atoms with E-state index in [1.54, 1.807) is 7.11 Å². The molecule has 3 aromatic rings. The average molecular weight is 380 g/mol. The summed E-state index contributed by atoms with van der Waals surface area (Å²) in [5.41, 5.74) is 1.93. The lowest BCUT2D eigenvalue weighted by atomic mass is 9.74. The Morgan fingerprint density at radius 3 is 2.50 bits per heavy atom. The van der Waals surface area contributed by atoms with Crippen LogP contribution in [0.15, 0.2) is 52.9 Å². The van der Waals surface area contributed by atoms with Gasteiger partial charge >= 0.3 is 0 Å². The van der Waals surface area contributed by atoms with E-state index >= 15 is 0 Å². The maximum Gasteiger partial charge on any atom is 0.253 e. The number of ether oxygens (including phenoxy) is 3. The van der Waals surface area contributed by atoms with Gasteiger partial charge in [-0.25, -0.2) is 0 Å². The van der Waals surface area contributed by atoms with Crippen molar-refractivity contribution in [3.8, 4) is 11.5 Å². The molecule has 28 heavy (non-hydrogen) atoms. The molecule has 0 atom stereocenters. The fourth-order valence-corrected chi connectivity index (χ4v) is 3.61. The van der Waals surface area contributed by atoms with Crippen LogP contribution in [0, 0.1) is 6.92 Å². The number of aromatic nitrogens is 2. The molecule has 4 rings (SSSR count). The molecule has 0 saturated carbocycles. The van der Waals surface area contributed by atoms with Crippen LogP contribution in [-0.2, 0) is 16.8 Å². The minimum absolute atomic E-state index is 0.242. The summed E-state index contributed by atoms with van der Waals surface area (Å²) >= 11 is 0. The van der Waals surface area contributed by atoms with E-state index in [2.05, 4.69) is 22.3 Å². The summed E-state index contributed by atoms with van der Waals surface area (Å²) < 4.78 is 22.7. The molecule has 146 valence electrons. The molecule has 0 radical (unpaired) electrons. The van der Waals surface area contributed by atoms with Crippen LogP contribution in [-0.4, -0.2) is 30.5 Å². The van der Waals surface area contributed by atoms with Crippen LogP contribution in [0.4, 0.5) is 0 Å². The first-order chi connectivity index (χ1) is 13.7. The molecular weight excluding hydrogens is 356 g/mol. The van der Waals surface area contributed by atoms with Crippen molar-refractivity contribution in [2.24, 2.45) is 0 Å². The second-order valence-corrected chi connectivity index (χ2v) is 7.03. The highest BCUT2D eigenvalue weighted by Crippen LogP contribution is 2.41. The van der Waals surface area contributed by atoms with Crippen molar-refractivity contribution in [1.29, 1.82) is 0 Å². The second kappa shape index (κ2) is 8.02. The van der Waals surface area contributed by atoms with Crippen molar-refractivity contribution in [2.75, 3.05) is 20.3 Å². The minimum Gasteiger partial charge on any atom is -0.497 e. The Morgan fingerprint density at radius 1 is 1.00 bits per heavy atom. The first-order valence-corrected chi connectivity index (χ1v) is 9.44. The molecule has 1 aromatic heterocycles. The van der Waals surface area contributed by atoms with Crippen LogP contribution < -0.4 is 9.47 Å². The molecule has 0 unspecified atom stereocenters. The van der Waals surface area contributed by atoms with E-state index < -0.39 is 0 Å². The van der Waals surface area contributed by atoms with Gasteiger partial charge in [-0.3, -0.25) is 0 Å². The van der Waals surface area contributed by atoms with Gasteiger partial charge in [0.1, 0.15) is 11.5 Å². The van der Waals surface area contributed by atoms with Gasteiger partial charge in [-0.15, -0.1) is 10.2 Å². The Hall–Kier alpha value is -2.86. The summed E-state index contributed by atoms with van der Waals surface area (Å²) in [4.78, 5) is 0. The maximum absolute atomic E-state index is 6.06. The van der Waals surface area contributed by atoms with Gasteiger partial charge in [-0.1, -0.05) is 24.3 Å². The summed E-state index contributed by atoms with van der Waals surface area (Å²) in [5.74, 6) is 2.69. The molecule has 1 fully saturated rings. The summed E-state index contributed by atoms with van der Waals surface area (Å²) in [7, 11) is 1.66. The third-order valence-corrected chi connectivity index (χ3v) is 5.22. The summed E-state index contributed by atoms with van der Waals surface area (Å²) in [6.45, 7) is 3.58. The van der Waals surface area contributed by atoms with Crippen molar-refractivity contribution in [2.45, 2.75) is 31.8 Å². The highest BCUT2D eigenvalue weighted by molar-refractivity contribution is 5.37. The molecule has 0 bridgehead atoms. The normalized spacial score (nSPS) is 15.9. The molecule has 0 N–H and O–H groups in total. The third-order valence-electron chi connectivity index (χ3n) is 5.22. The van der Waals surface area contributed by atoms with Gasteiger partial charge in [-0.05, 0) is 55.2 Å². The minimum atomic E-state index is -0.348.